The Morgan fingerprint density at radius 1 is 0.833 bits per heavy atom. The average molecular weight is 230 g/mol. The van der Waals surface area contributed by atoms with Crippen LogP contribution in [0.5, 0.6) is 0 Å². The van der Waals surface area contributed by atoms with E-state index in [1.165, 1.54) is 8.42 Å². The minimum Gasteiger partial charge on any atom is -0.137 e. The van der Waals surface area contributed by atoms with Gasteiger partial charge in [0.05, 0.1) is 8.42 Å². The van der Waals surface area contributed by atoms with Crippen molar-refractivity contribution in [2.24, 2.45) is 0 Å². The fourth-order valence-corrected chi connectivity index (χ4v) is 4.83. The van der Waals surface area contributed by atoms with Gasteiger partial charge in [-0.25, -0.2) is 0 Å². The molecule has 12 heavy (non-hydrogen) atoms. The predicted octanol–water partition coefficient (Wildman–Crippen LogP) is 4.61. The van der Waals surface area contributed by atoms with Crippen molar-refractivity contribution >= 4 is 44.3 Å². The van der Waals surface area contributed by atoms with Gasteiger partial charge in [0.25, 0.3) is 0 Å². The third-order valence-corrected chi connectivity index (χ3v) is 6.24. The zero-order valence-corrected chi connectivity index (χ0v) is 9.36. The molecule has 0 spiro atoms. The molecule has 4 heteroatoms. The maximum Gasteiger partial charge on any atom is 0.0709 e. The van der Waals surface area contributed by atoms with Crippen LogP contribution in [0.3, 0.4) is 0 Å². The molecule has 0 amide bonds. The summed E-state index contributed by atoms with van der Waals surface area (Å²) in [5, 5.41) is 4.22. The van der Waals surface area contributed by atoms with E-state index in [1.54, 1.807) is 22.7 Å². The molecule has 0 unspecified atom stereocenters. The number of hydrogen-bond donors (Lipinski definition) is 0. The normalized spacial score (nSPS) is 10.3. The zero-order chi connectivity index (χ0) is 8.23. The Morgan fingerprint density at radius 2 is 1.33 bits per heavy atom. The third-order valence-electron chi connectivity index (χ3n) is 1.20. The molecule has 2 aromatic rings. The van der Waals surface area contributed by atoms with Gasteiger partial charge in [-0.3, -0.25) is 0 Å². The number of hydrogen-bond acceptors (Lipinski definition) is 4. The van der Waals surface area contributed by atoms with Gasteiger partial charge in [0.1, 0.15) is 0 Å². The van der Waals surface area contributed by atoms with Gasteiger partial charge < -0.3 is 0 Å². The molecule has 0 aliphatic heterocycles. The summed E-state index contributed by atoms with van der Waals surface area (Å²) in [7, 11) is 3.66. The molecule has 2 rings (SSSR count). The number of thiophene rings is 2. The van der Waals surface area contributed by atoms with Crippen LogP contribution in [0.25, 0.3) is 0 Å². The first-order chi connectivity index (χ1) is 5.95. The van der Waals surface area contributed by atoms with E-state index in [2.05, 4.69) is 35.0 Å². The maximum absolute atomic E-state index is 2.15. The summed E-state index contributed by atoms with van der Waals surface area (Å²) < 4.78 is 2.74. The topological polar surface area (TPSA) is 0 Å². The molecule has 0 nitrogen and oxygen atoms in total. The van der Waals surface area contributed by atoms with E-state index < -0.39 is 0 Å². The van der Waals surface area contributed by atoms with Crippen molar-refractivity contribution in [1.82, 2.24) is 0 Å². The van der Waals surface area contributed by atoms with Crippen LogP contribution in [0.4, 0.5) is 0 Å². The molecule has 0 N–H and O–H groups in total. The van der Waals surface area contributed by atoms with Gasteiger partial charge in [-0.1, -0.05) is 12.1 Å². The maximum atomic E-state index is 2.15. The molecule has 2 aromatic heterocycles. The Morgan fingerprint density at radius 3 is 1.67 bits per heavy atom. The fourth-order valence-electron chi connectivity index (χ4n) is 0.704. The van der Waals surface area contributed by atoms with Crippen molar-refractivity contribution in [3.8, 4) is 0 Å². The Balaban J connectivity index is 1.91. The largest absolute Gasteiger partial charge is 0.137 e. The van der Waals surface area contributed by atoms with E-state index >= 15 is 0 Å². The van der Waals surface area contributed by atoms with Gasteiger partial charge in [-0.15, -0.1) is 22.7 Å². The van der Waals surface area contributed by atoms with Crippen LogP contribution in [0.15, 0.2) is 43.4 Å². The molecule has 0 aromatic carbocycles. The molecule has 0 saturated carbocycles. The lowest BCUT2D eigenvalue weighted by Crippen LogP contribution is -1.51. The molecular formula is C8H6S4. The van der Waals surface area contributed by atoms with E-state index in [0.717, 1.165) is 0 Å². The Hall–Kier alpha value is 0.1000. The van der Waals surface area contributed by atoms with Gasteiger partial charge in [-0.05, 0) is 44.5 Å². The van der Waals surface area contributed by atoms with Crippen LogP contribution in [0, 0.1) is 0 Å². The lowest BCUT2D eigenvalue weighted by molar-refractivity contribution is 1.75. The van der Waals surface area contributed by atoms with Crippen molar-refractivity contribution in [2.75, 3.05) is 0 Å². The lowest BCUT2D eigenvalue weighted by Gasteiger charge is -1.91. The smallest absolute Gasteiger partial charge is 0.0709 e. The van der Waals surface area contributed by atoms with E-state index in [0.29, 0.717) is 0 Å². The summed E-state index contributed by atoms with van der Waals surface area (Å²) in [6, 6.07) is 8.47. The molecular weight excluding hydrogens is 224 g/mol. The Bertz CT molecular complexity index is 274. The molecule has 0 atom stereocenters. The highest BCUT2D eigenvalue weighted by molar-refractivity contribution is 8.77. The Labute approximate surface area is 87.4 Å². The summed E-state index contributed by atoms with van der Waals surface area (Å²) in [6.45, 7) is 0. The van der Waals surface area contributed by atoms with Gasteiger partial charge in [0.2, 0.25) is 0 Å². The first-order valence-electron chi connectivity index (χ1n) is 3.37. The van der Waals surface area contributed by atoms with Gasteiger partial charge in [0.15, 0.2) is 0 Å². The fraction of sp³-hybridized carbons (Fsp3) is 0. The second-order valence-electron chi connectivity index (χ2n) is 2.03. The van der Waals surface area contributed by atoms with E-state index in [4.69, 9.17) is 0 Å². The van der Waals surface area contributed by atoms with Crippen molar-refractivity contribution in [3.63, 3.8) is 0 Å². The SMILES string of the molecule is c1csc(SSc2cccs2)c1. The van der Waals surface area contributed by atoms with Crippen LogP contribution < -0.4 is 0 Å². The van der Waals surface area contributed by atoms with Gasteiger partial charge >= 0.3 is 0 Å². The van der Waals surface area contributed by atoms with Crippen LogP contribution in [-0.4, -0.2) is 0 Å². The Kier molecular flexibility index (Phi) is 3.16. The van der Waals surface area contributed by atoms with Crippen molar-refractivity contribution in [3.05, 3.63) is 35.0 Å². The monoisotopic (exact) mass is 230 g/mol. The zero-order valence-electron chi connectivity index (χ0n) is 6.10. The first kappa shape index (κ1) is 8.69. The minimum atomic E-state index is 1.37. The highest BCUT2D eigenvalue weighted by Crippen LogP contribution is 2.41. The van der Waals surface area contributed by atoms with Crippen LogP contribution in [-0.2, 0) is 0 Å². The predicted molar refractivity (Wildman–Crippen MR) is 60.4 cm³/mol. The summed E-state index contributed by atoms with van der Waals surface area (Å²) in [4.78, 5) is 0. The summed E-state index contributed by atoms with van der Waals surface area (Å²) >= 11 is 3.58. The summed E-state index contributed by atoms with van der Waals surface area (Å²) in [5.74, 6) is 0. The first-order valence-corrected chi connectivity index (χ1v) is 7.27. The summed E-state index contributed by atoms with van der Waals surface area (Å²) in [5.41, 5.74) is 0. The van der Waals surface area contributed by atoms with Crippen LogP contribution >= 0.6 is 44.3 Å². The van der Waals surface area contributed by atoms with Crippen molar-refractivity contribution in [2.45, 2.75) is 8.42 Å². The highest BCUT2D eigenvalue weighted by Gasteiger charge is 1.97. The molecule has 2 heterocycles. The van der Waals surface area contributed by atoms with Crippen molar-refractivity contribution in [1.29, 1.82) is 0 Å². The summed E-state index contributed by atoms with van der Waals surface area (Å²) in [6.07, 6.45) is 0. The van der Waals surface area contributed by atoms with Crippen LogP contribution in [0.1, 0.15) is 0 Å². The second kappa shape index (κ2) is 4.37. The van der Waals surface area contributed by atoms with E-state index in [1.807, 2.05) is 21.6 Å². The second-order valence-corrected chi connectivity index (χ2v) is 6.66. The quantitative estimate of drug-likeness (QED) is 0.706. The molecule has 0 fully saturated rings. The average Bonchev–Trinajstić information content (AvgIpc) is 2.74. The molecule has 0 aliphatic rings. The van der Waals surface area contributed by atoms with Crippen molar-refractivity contribution < 1.29 is 0 Å². The number of rotatable bonds is 3. The van der Waals surface area contributed by atoms with Crippen LogP contribution in [0.2, 0.25) is 0 Å². The lowest BCUT2D eigenvalue weighted by atomic mass is 10.7. The third kappa shape index (κ3) is 2.29. The van der Waals surface area contributed by atoms with Gasteiger partial charge in [-0.2, -0.15) is 0 Å². The molecule has 0 radical (unpaired) electrons. The molecule has 0 saturated heterocycles. The van der Waals surface area contributed by atoms with E-state index in [9.17, 15) is 0 Å². The molecule has 0 bridgehead atoms. The standard InChI is InChI=1S/C8H6S4/c1-3-7(9-5-1)11-12-8-4-2-6-10-8/h1-6H. The van der Waals surface area contributed by atoms with E-state index in [-0.39, 0.29) is 0 Å². The highest BCUT2D eigenvalue weighted by atomic mass is 33.1. The molecule has 0 aliphatic carbocycles. The van der Waals surface area contributed by atoms with Gasteiger partial charge in [0, 0.05) is 0 Å². The molecule has 62 valence electrons. The minimum absolute atomic E-state index is 1.37.